The molecule has 1 heterocycles. The van der Waals surface area contributed by atoms with Crippen LogP contribution in [0.15, 0.2) is 78.9 Å². The molecule has 0 saturated carbocycles. The molecule has 7 nitrogen and oxygen atoms in total. The summed E-state index contributed by atoms with van der Waals surface area (Å²) in [6.07, 6.45) is 0.991. The molecular weight excluding hydrogens is 480 g/mol. The molecule has 2 amide bonds. The number of nitrogens with zero attached hydrogens (tertiary/aromatic N) is 2. The van der Waals surface area contributed by atoms with E-state index in [1.807, 2.05) is 54.4 Å². The summed E-state index contributed by atoms with van der Waals surface area (Å²) < 4.78 is 11.4. The maximum absolute atomic E-state index is 12.8. The van der Waals surface area contributed by atoms with Crippen molar-refractivity contribution in [3.8, 4) is 16.9 Å². The molecule has 1 N–H and O–H groups in total. The van der Waals surface area contributed by atoms with Gasteiger partial charge in [0, 0.05) is 39.6 Å². The lowest BCUT2D eigenvalue weighted by Crippen LogP contribution is -2.40. The molecule has 200 valence electrons. The van der Waals surface area contributed by atoms with Gasteiger partial charge < -0.3 is 24.4 Å². The Kier molecular flexibility index (Phi) is 8.69. The topological polar surface area (TPSA) is 79.3 Å². The predicted octanol–water partition coefficient (Wildman–Crippen LogP) is 5.48. The van der Waals surface area contributed by atoms with Crippen LogP contribution in [0.25, 0.3) is 11.1 Å². The van der Waals surface area contributed by atoms with Crippen molar-refractivity contribution in [1.82, 2.24) is 9.80 Å². The Morgan fingerprint density at radius 3 is 2.24 bits per heavy atom. The van der Waals surface area contributed by atoms with Gasteiger partial charge in [-0.25, -0.2) is 9.59 Å². The molecule has 1 aliphatic rings. The van der Waals surface area contributed by atoms with E-state index in [1.54, 1.807) is 18.7 Å². The molecular formula is C31H36N2O5. The Morgan fingerprint density at radius 1 is 0.974 bits per heavy atom. The van der Waals surface area contributed by atoms with Gasteiger partial charge in [0.05, 0.1) is 12.6 Å². The summed E-state index contributed by atoms with van der Waals surface area (Å²) in [4.78, 5) is 28.1. The number of carboxylic acids is 1. The lowest BCUT2D eigenvalue weighted by Gasteiger charge is -2.24. The largest absolute Gasteiger partial charge is 0.494 e. The average Bonchev–Trinajstić information content (AvgIpc) is 3.18. The van der Waals surface area contributed by atoms with Crippen LogP contribution in [0.5, 0.6) is 5.75 Å². The predicted molar refractivity (Wildman–Crippen MR) is 147 cm³/mol. The number of ether oxygens (including phenoxy) is 2. The highest BCUT2D eigenvalue weighted by atomic mass is 16.5. The van der Waals surface area contributed by atoms with Gasteiger partial charge in [-0.15, -0.1) is 0 Å². The fourth-order valence-electron chi connectivity index (χ4n) is 4.82. The zero-order valence-corrected chi connectivity index (χ0v) is 22.3. The van der Waals surface area contributed by atoms with E-state index >= 15 is 0 Å². The van der Waals surface area contributed by atoms with Gasteiger partial charge in [-0.3, -0.25) is 0 Å². The quantitative estimate of drug-likeness (QED) is 0.345. The van der Waals surface area contributed by atoms with Crippen molar-refractivity contribution in [3.63, 3.8) is 0 Å². The maximum Gasteiger partial charge on any atom is 0.336 e. The molecule has 4 rings (SSSR count). The molecule has 0 aliphatic carbocycles. The molecule has 3 aromatic rings. The number of hydrogen-bond donors (Lipinski definition) is 1. The normalized spacial score (nSPS) is 16.9. The first kappa shape index (κ1) is 27.2. The van der Waals surface area contributed by atoms with Gasteiger partial charge in [0.25, 0.3) is 0 Å². The van der Waals surface area contributed by atoms with Gasteiger partial charge in [0.15, 0.2) is 5.60 Å². The third kappa shape index (κ3) is 6.53. The number of aliphatic carboxylic acids is 1. The summed E-state index contributed by atoms with van der Waals surface area (Å²) in [5, 5.41) is 9.51. The molecule has 2 unspecified atom stereocenters. The number of carbonyl (C=O) groups excluding carboxylic acids is 1. The molecule has 1 aliphatic heterocycles. The van der Waals surface area contributed by atoms with Crippen LogP contribution in [-0.4, -0.2) is 65.4 Å². The van der Waals surface area contributed by atoms with E-state index < -0.39 is 11.6 Å². The van der Waals surface area contributed by atoms with E-state index in [2.05, 4.69) is 36.4 Å². The monoisotopic (exact) mass is 516 g/mol. The number of hydrogen-bond acceptors (Lipinski definition) is 4. The van der Waals surface area contributed by atoms with Crippen LogP contribution in [0, 0.1) is 0 Å². The Labute approximate surface area is 224 Å². The van der Waals surface area contributed by atoms with E-state index in [0.717, 1.165) is 23.1 Å². The Hall–Kier alpha value is -3.84. The zero-order valence-electron chi connectivity index (χ0n) is 22.3. The van der Waals surface area contributed by atoms with Gasteiger partial charge in [0.2, 0.25) is 0 Å². The van der Waals surface area contributed by atoms with Crippen LogP contribution < -0.4 is 4.74 Å². The fourth-order valence-corrected chi connectivity index (χ4v) is 4.82. The molecule has 0 aromatic heterocycles. The fraction of sp³-hybridized carbons (Fsp3) is 0.355. The first-order valence-electron chi connectivity index (χ1n) is 13.0. The molecule has 1 saturated heterocycles. The Balaban J connectivity index is 1.26. The molecule has 7 heteroatoms. The SMILES string of the molecule is CCOC(C)(Cc1ccc(OCCC2CN(Cc3ccc(-c4ccccc4)cc3)C(=O)N2C)cc1)C(=O)O. The number of carboxylic acid groups (broad SMARTS) is 1. The van der Waals surface area contributed by atoms with E-state index in [4.69, 9.17) is 9.47 Å². The van der Waals surface area contributed by atoms with Crippen molar-refractivity contribution in [1.29, 1.82) is 0 Å². The van der Waals surface area contributed by atoms with E-state index in [-0.39, 0.29) is 18.5 Å². The lowest BCUT2D eigenvalue weighted by atomic mass is 9.96. The lowest BCUT2D eigenvalue weighted by molar-refractivity contribution is -0.162. The molecule has 2 atom stereocenters. The molecule has 38 heavy (non-hydrogen) atoms. The zero-order chi connectivity index (χ0) is 27.1. The van der Waals surface area contributed by atoms with Crippen molar-refractivity contribution in [2.45, 2.75) is 44.9 Å². The van der Waals surface area contributed by atoms with Crippen molar-refractivity contribution in [2.75, 3.05) is 26.8 Å². The molecule has 1 fully saturated rings. The van der Waals surface area contributed by atoms with Crippen molar-refractivity contribution in [2.24, 2.45) is 0 Å². The molecule has 3 aromatic carbocycles. The molecule has 0 spiro atoms. The van der Waals surface area contributed by atoms with Crippen LogP contribution in [-0.2, 0) is 22.5 Å². The minimum Gasteiger partial charge on any atom is -0.494 e. The van der Waals surface area contributed by atoms with Crippen LogP contribution in [0.2, 0.25) is 0 Å². The van der Waals surface area contributed by atoms with Crippen molar-refractivity contribution in [3.05, 3.63) is 90.0 Å². The number of rotatable bonds is 12. The second kappa shape index (κ2) is 12.1. The number of urea groups is 1. The smallest absolute Gasteiger partial charge is 0.336 e. The maximum atomic E-state index is 12.8. The minimum absolute atomic E-state index is 0.0299. The highest BCUT2D eigenvalue weighted by Gasteiger charge is 2.35. The summed E-state index contributed by atoms with van der Waals surface area (Å²) in [6.45, 7) is 5.42. The first-order chi connectivity index (χ1) is 18.3. The third-order valence-corrected chi connectivity index (χ3v) is 7.09. The highest BCUT2D eigenvalue weighted by molar-refractivity contribution is 5.77. The number of amides is 2. The van der Waals surface area contributed by atoms with E-state index in [1.165, 1.54) is 5.56 Å². The summed E-state index contributed by atoms with van der Waals surface area (Å²) in [7, 11) is 1.85. The summed E-state index contributed by atoms with van der Waals surface area (Å²) >= 11 is 0. The number of benzene rings is 3. The van der Waals surface area contributed by atoms with Crippen LogP contribution >= 0.6 is 0 Å². The summed E-state index contributed by atoms with van der Waals surface area (Å²) in [5.74, 6) is -0.266. The highest BCUT2D eigenvalue weighted by Crippen LogP contribution is 2.24. The third-order valence-electron chi connectivity index (χ3n) is 7.09. The Bertz CT molecular complexity index is 1210. The average molecular weight is 517 g/mol. The number of likely N-dealkylation sites (N-methyl/N-ethyl adjacent to an activating group) is 1. The van der Waals surface area contributed by atoms with Crippen molar-refractivity contribution >= 4 is 12.0 Å². The molecule has 0 bridgehead atoms. The molecule has 0 radical (unpaired) electrons. The summed E-state index contributed by atoms with van der Waals surface area (Å²) in [5.41, 5.74) is 3.05. The second-order valence-corrected chi connectivity index (χ2v) is 9.92. The van der Waals surface area contributed by atoms with Crippen molar-refractivity contribution < 1.29 is 24.2 Å². The van der Waals surface area contributed by atoms with Gasteiger partial charge in [0.1, 0.15) is 5.75 Å². The Morgan fingerprint density at radius 2 is 1.61 bits per heavy atom. The standard InChI is InChI=1S/C31H36N2O5/c1-4-38-31(2,29(34)35)20-23-12-16-28(17-13-23)37-19-18-27-22-33(30(36)32(27)3)21-24-10-14-26(15-11-24)25-8-6-5-7-9-25/h5-17,27H,4,18-22H2,1-3H3,(H,34,35). The minimum atomic E-state index is -1.26. The number of carbonyl (C=O) groups is 2. The van der Waals surface area contributed by atoms with Crippen LogP contribution in [0.4, 0.5) is 4.79 Å². The van der Waals surface area contributed by atoms with Gasteiger partial charge in [-0.05, 0) is 48.2 Å². The van der Waals surface area contributed by atoms with E-state index in [9.17, 15) is 14.7 Å². The summed E-state index contributed by atoms with van der Waals surface area (Å²) in [6, 6.07) is 26.2. The van der Waals surface area contributed by atoms with E-state index in [0.29, 0.717) is 32.1 Å². The van der Waals surface area contributed by atoms with Gasteiger partial charge >= 0.3 is 12.0 Å². The first-order valence-corrected chi connectivity index (χ1v) is 13.0. The van der Waals surface area contributed by atoms with Crippen LogP contribution in [0.3, 0.4) is 0 Å². The second-order valence-electron chi connectivity index (χ2n) is 9.92. The van der Waals surface area contributed by atoms with Gasteiger partial charge in [-0.1, -0.05) is 66.7 Å². The van der Waals surface area contributed by atoms with Crippen LogP contribution in [0.1, 0.15) is 31.4 Å². The van der Waals surface area contributed by atoms with Gasteiger partial charge in [-0.2, -0.15) is 0 Å².